The van der Waals surface area contributed by atoms with Crippen LogP contribution in [0.1, 0.15) is 63.4 Å². The maximum absolute atomic E-state index is 12.5. The van der Waals surface area contributed by atoms with E-state index >= 15 is 0 Å². The van der Waals surface area contributed by atoms with Crippen molar-refractivity contribution in [1.29, 1.82) is 0 Å². The van der Waals surface area contributed by atoms with Gasteiger partial charge in [0.15, 0.2) is 0 Å². The Morgan fingerprint density at radius 1 is 0.960 bits per heavy atom. The number of rotatable bonds is 6. The molecule has 0 atom stereocenters. The molecule has 0 aromatic heterocycles. The summed E-state index contributed by atoms with van der Waals surface area (Å²) in [5, 5.41) is 3.63. The Bertz CT molecular complexity index is 500. The largest absolute Gasteiger partial charge is 0.343 e. The van der Waals surface area contributed by atoms with Gasteiger partial charge >= 0.3 is 0 Å². The van der Waals surface area contributed by atoms with E-state index < -0.39 is 0 Å². The molecule has 0 unspecified atom stereocenters. The number of nitrogens with zero attached hydrogens (tertiary/aromatic N) is 1. The lowest BCUT2D eigenvalue weighted by Crippen LogP contribution is -2.40. The number of carbonyl (C=O) groups is 1. The van der Waals surface area contributed by atoms with Crippen molar-refractivity contribution in [1.82, 2.24) is 10.2 Å². The maximum Gasteiger partial charge on any atom is 0.223 e. The smallest absolute Gasteiger partial charge is 0.223 e. The second-order valence-corrected chi connectivity index (χ2v) is 7.91. The van der Waals surface area contributed by atoms with E-state index in [1.54, 1.807) is 0 Å². The highest BCUT2D eigenvalue weighted by Gasteiger charge is 2.22. The molecule has 3 heteroatoms. The molecule has 1 aromatic rings. The van der Waals surface area contributed by atoms with E-state index in [1.165, 1.54) is 44.1 Å². The molecular weight excluding hydrogens is 308 g/mol. The summed E-state index contributed by atoms with van der Waals surface area (Å²) in [5.74, 6) is 1.08. The number of nitrogens with one attached hydrogen (secondary N) is 1. The molecule has 2 aliphatic rings. The zero-order valence-corrected chi connectivity index (χ0v) is 15.6. The molecule has 1 saturated carbocycles. The van der Waals surface area contributed by atoms with E-state index in [9.17, 15) is 4.79 Å². The second-order valence-electron chi connectivity index (χ2n) is 7.91. The highest BCUT2D eigenvalue weighted by atomic mass is 16.2. The Morgan fingerprint density at radius 3 is 2.32 bits per heavy atom. The van der Waals surface area contributed by atoms with Gasteiger partial charge in [-0.2, -0.15) is 0 Å². The topological polar surface area (TPSA) is 32.3 Å². The summed E-state index contributed by atoms with van der Waals surface area (Å²) in [6.45, 7) is 2.74. The molecule has 0 bridgehead atoms. The van der Waals surface area contributed by atoms with Gasteiger partial charge in [0.25, 0.3) is 0 Å². The molecule has 3 nitrogen and oxygen atoms in total. The zero-order valence-electron chi connectivity index (χ0n) is 15.6. The van der Waals surface area contributed by atoms with Gasteiger partial charge in [-0.1, -0.05) is 56.0 Å². The first kappa shape index (κ1) is 18.4. The molecule has 1 aliphatic carbocycles. The third kappa shape index (κ3) is 6.14. The van der Waals surface area contributed by atoms with Crippen molar-refractivity contribution in [3.63, 3.8) is 0 Å². The Kier molecular flexibility index (Phi) is 7.35. The minimum absolute atomic E-state index is 0.347. The van der Waals surface area contributed by atoms with Crippen LogP contribution in [0.5, 0.6) is 0 Å². The van der Waals surface area contributed by atoms with Crippen LogP contribution in [0.15, 0.2) is 30.3 Å². The number of hydrogen-bond acceptors (Lipinski definition) is 2. The van der Waals surface area contributed by atoms with Crippen LogP contribution >= 0.6 is 0 Å². The fraction of sp³-hybridized carbons (Fsp3) is 0.682. The van der Waals surface area contributed by atoms with Crippen LogP contribution in [0.4, 0.5) is 0 Å². The van der Waals surface area contributed by atoms with Crippen molar-refractivity contribution in [3.05, 3.63) is 35.9 Å². The van der Waals surface area contributed by atoms with E-state index in [1.807, 2.05) is 0 Å². The number of hydrogen-bond donors (Lipinski definition) is 1. The normalized spacial score (nSPS) is 20.4. The fourth-order valence-electron chi connectivity index (χ4n) is 4.36. The second kappa shape index (κ2) is 9.96. The molecule has 25 heavy (non-hydrogen) atoms. The first-order valence-corrected chi connectivity index (χ1v) is 10.4. The fourth-order valence-corrected chi connectivity index (χ4v) is 4.36. The van der Waals surface area contributed by atoms with Crippen molar-refractivity contribution in [3.8, 4) is 0 Å². The van der Waals surface area contributed by atoms with Crippen molar-refractivity contribution in [2.45, 2.75) is 70.3 Å². The van der Waals surface area contributed by atoms with E-state index in [4.69, 9.17) is 0 Å². The molecule has 138 valence electrons. The third-order valence-corrected chi connectivity index (χ3v) is 5.96. The maximum atomic E-state index is 12.5. The van der Waals surface area contributed by atoms with Gasteiger partial charge in [-0.15, -0.1) is 0 Å². The zero-order chi connectivity index (χ0) is 17.3. The molecular formula is C22H34N2O. The lowest BCUT2D eigenvalue weighted by Gasteiger charge is -2.32. The van der Waals surface area contributed by atoms with Gasteiger partial charge in [0.05, 0.1) is 0 Å². The molecule has 1 N–H and O–H groups in total. The SMILES string of the molecule is O=C(CCNC1CCCCCC1)N1CCC(Cc2ccccc2)CC1. The summed E-state index contributed by atoms with van der Waals surface area (Å²) in [7, 11) is 0. The van der Waals surface area contributed by atoms with Crippen molar-refractivity contribution >= 4 is 5.91 Å². The molecule has 1 aliphatic heterocycles. The highest BCUT2D eigenvalue weighted by Crippen LogP contribution is 2.22. The first-order valence-electron chi connectivity index (χ1n) is 10.4. The summed E-state index contributed by atoms with van der Waals surface area (Å²) in [6, 6.07) is 11.4. The Hall–Kier alpha value is -1.35. The van der Waals surface area contributed by atoms with Crippen molar-refractivity contribution in [2.24, 2.45) is 5.92 Å². The van der Waals surface area contributed by atoms with Crippen LogP contribution in [0.2, 0.25) is 0 Å². The van der Waals surface area contributed by atoms with Gasteiger partial charge in [-0.05, 0) is 43.6 Å². The average Bonchev–Trinajstić information content (AvgIpc) is 2.92. The minimum Gasteiger partial charge on any atom is -0.343 e. The summed E-state index contributed by atoms with van der Waals surface area (Å²) in [5.41, 5.74) is 1.43. The van der Waals surface area contributed by atoms with Crippen LogP contribution in [-0.4, -0.2) is 36.5 Å². The Labute approximate surface area is 153 Å². The standard InChI is InChI=1S/C22H34N2O/c25-22(12-15-23-21-10-6-1-2-7-11-21)24-16-13-20(14-17-24)18-19-8-4-3-5-9-19/h3-5,8-9,20-21,23H,1-2,6-7,10-18H2. The summed E-state index contributed by atoms with van der Waals surface area (Å²) >= 11 is 0. The third-order valence-electron chi connectivity index (χ3n) is 5.96. The van der Waals surface area contributed by atoms with Crippen LogP contribution in [0, 0.1) is 5.92 Å². The average molecular weight is 343 g/mol. The quantitative estimate of drug-likeness (QED) is 0.787. The first-order chi connectivity index (χ1) is 12.3. The molecule has 1 saturated heterocycles. The predicted octanol–water partition coefficient (Wildman–Crippen LogP) is 4.17. The molecule has 3 rings (SSSR count). The molecule has 1 aromatic carbocycles. The summed E-state index contributed by atoms with van der Waals surface area (Å²) in [6.07, 6.45) is 12.2. The van der Waals surface area contributed by atoms with E-state index in [-0.39, 0.29) is 0 Å². The minimum atomic E-state index is 0.347. The van der Waals surface area contributed by atoms with Gasteiger partial charge in [0.2, 0.25) is 5.91 Å². The van der Waals surface area contributed by atoms with Crippen molar-refractivity contribution < 1.29 is 4.79 Å². The summed E-state index contributed by atoms with van der Waals surface area (Å²) in [4.78, 5) is 14.6. The number of piperidine rings is 1. The van der Waals surface area contributed by atoms with Gasteiger partial charge in [-0.25, -0.2) is 0 Å². The summed E-state index contributed by atoms with van der Waals surface area (Å²) < 4.78 is 0. The monoisotopic (exact) mass is 342 g/mol. The number of amides is 1. The van der Waals surface area contributed by atoms with Crippen LogP contribution in [0.25, 0.3) is 0 Å². The number of likely N-dealkylation sites (tertiary alicyclic amines) is 1. The van der Waals surface area contributed by atoms with E-state index in [2.05, 4.69) is 40.5 Å². The number of carbonyl (C=O) groups excluding carboxylic acids is 1. The van der Waals surface area contributed by atoms with Gasteiger partial charge in [0.1, 0.15) is 0 Å². The van der Waals surface area contributed by atoms with Gasteiger partial charge < -0.3 is 10.2 Å². The van der Waals surface area contributed by atoms with E-state index in [0.29, 0.717) is 18.4 Å². The lowest BCUT2D eigenvalue weighted by molar-refractivity contribution is -0.132. The molecule has 0 radical (unpaired) electrons. The molecule has 2 fully saturated rings. The van der Waals surface area contributed by atoms with Crippen LogP contribution < -0.4 is 5.32 Å². The highest BCUT2D eigenvalue weighted by molar-refractivity contribution is 5.76. The molecule has 0 spiro atoms. The van der Waals surface area contributed by atoms with Gasteiger partial charge in [0, 0.05) is 32.1 Å². The van der Waals surface area contributed by atoms with Crippen molar-refractivity contribution in [2.75, 3.05) is 19.6 Å². The van der Waals surface area contributed by atoms with Gasteiger partial charge in [-0.3, -0.25) is 4.79 Å². The molecule has 1 heterocycles. The Balaban J connectivity index is 1.32. The Morgan fingerprint density at radius 2 is 1.64 bits per heavy atom. The van der Waals surface area contributed by atoms with Crippen LogP contribution in [0.3, 0.4) is 0 Å². The predicted molar refractivity (Wildman–Crippen MR) is 104 cm³/mol. The van der Waals surface area contributed by atoms with Crippen LogP contribution in [-0.2, 0) is 11.2 Å². The lowest BCUT2D eigenvalue weighted by atomic mass is 9.90. The van der Waals surface area contributed by atoms with E-state index in [0.717, 1.165) is 44.8 Å². The molecule has 1 amide bonds. The number of benzene rings is 1.